The van der Waals surface area contributed by atoms with Crippen molar-refractivity contribution in [1.82, 2.24) is 0 Å². The van der Waals surface area contributed by atoms with Crippen molar-refractivity contribution in [2.45, 2.75) is 13.8 Å². The number of para-hydroxylation sites is 1. The molecule has 0 aliphatic heterocycles. The lowest BCUT2D eigenvalue weighted by molar-refractivity contribution is 0.0916. The molecular weight excluding hydrogens is 272 g/mol. The van der Waals surface area contributed by atoms with Crippen LogP contribution in [0.2, 0.25) is 0 Å². The molecule has 0 unspecified atom stereocenters. The molecule has 0 atom stereocenters. The quantitative estimate of drug-likeness (QED) is 0.753. The summed E-state index contributed by atoms with van der Waals surface area (Å²) >= 11 is 0. The van der Waals surface area contributed by atoms with E-state index in [9.17, 15) is 15.0 Å². The van der Waals surface area contributed by atoms with Crippen LogP contribution in [-0.4, -0.2) is 27.7 Å². The fourth-order valence-corrected chi connectivity index (χ4v) is 1.62. The second-order valence-electron chi connectivity index (χ2n) is 3.88. The van der Waals surface area contributed by atoms with E-state index in [1.54, 1.807) is 24.3 Å². The van der Waals surface area contributed by atoms with Crippen LogP contribution < -0.4 is 4.74 Å². The molecule has 5 heteroatoms. The van der Waals surface area contributed by atoms with E-state index in [0.717, 1.165) is 12.1 Å². The predicted molar refractivity (Wildman–Crippen MR) is 79.1 cm³/mol. The maximum absolute atomic E-state index is 11.8. The number of rotatable bonds is 4. The highest BCUT2D eigenvalue weighted by Gasteiger charge is 2.18. The zero-order valence-corrected chi connectivity index (χ0v) is 11.9. The maximum atomic E-state index is 11.8. The molecule has 0 heterocycles. The number of carbonyl (C=O) groups is 1. The van der Waals surface area contributed by atoms with Crippen LogP contribution in [0.15, 0.2) is 42.5 Å². The summed E-state index contributed by atoms with van der Waals surface area (Å²) in [7, 11) is 0. The Labute approximate surface area is 123 Å². The molecule has 3 N–H and O–H groups in total. The van der Waals surface area contributed by atoms with Gasteiger partial charge in [-0.2, -0.15) is 0 Å². The summed E-state index contributed by atoms with van der Waals surface area (Å²) in [5.74, 6) is -1.37. The van der Waals surface area contributed by atoms with Crippen molar-refractivity contribution >= 4 is 5.78 Å². The normalized spacial score (nSPS) is 9.43. The Hall–Kier alpha value is -2.69. The standard InChI is InChI=1S/C14H12O5.C2H6/c15-9-6-11(16)14(12(17)7-9)13(18)8-19-10-4-2-1-3-5-10;1-2/h1-7,15-17H,8H2;1-2H3. The predicted octanol–water partition coefficient (Wildman–Crippen LogP) is 3.09. The van der Waals surface area contributed by atoms with Crippen LogP contribution >= 0.6 is 0 Å². The first-order valence-electron chi connectivity index (χ1n) is 6.54. The van der Waals surface area contributed by atoms with Gasteiger partial charge >= 0.3 is 0 Å². The Kier molecular flexibility index (Phi) is 6.07. The number of carbonyl (C=O) groups excluding carboxylic acids is 1. The van der Waals surface area contributed by atoms with Gasteiger partial charge in [0, 0.05) is 12.1 Å². The fourth-order valence-electron chi connectivity index (χ4n) is 1.62. The molecule has 0 fully saturated rings. The van der Waals surface area contributed by atoms with Crippen LogP contribution in [0.1, 0.15) is 24.2 Å². The van der Waals surface area contributed by atoms with Crippen LogP contribution in [0.4, 0.5) is 0 Å². The van der Waals surface area contributed by atoms with Crippen LogP contribution in [0.3, 0.4) is 0 Å². The summed E-state index contributed by atoms with van der Waals surface area (Å²) in [5.41, 5.74) is -0.270. The zero-order chi connectivity index (χ0) is 15.8. The number of ether oxygens (including phenoxy) is 1. The molecule has 0 aliphatic carbocycles. The number of phenolic OH excluding ortho intramolecular Hbond substituents is 3. The van der Waals surface area contributed by atoms with Crippen molar-refractivity contribution in [3.63, 3.8) is 0 Å². The third kappa shape index (κ3) is 4.42. The van der Waals surface area contributed by atoms with E-state index in [4.69, 9.17) is 9.84 Å². The van der Waals surface area contributed by atoms with Gasteiger partial charge in [-0.15, -0.1) is 0 Å². The van der Waals surface area contributed by atoms with Gasteiger partial charge in [-0.3, -0.25) is 4.79 Å². The van der Waals surface area contributed by atoms with E-state index >= 15 is 0 Å². The van der Waals surface area contributed by atoms with Gasteiger partial charge in [-0.05, 0) is 12.1 Å². The van der Waals surface area contributed by atoms with Gasteiger partial charge in [0.2, 0.25) is 5.78 Å². The largest absolute Gasteiger partial charge is 0.508 e. The third-order valence-corrected chi connectivity index (χ3v) is 2.47. The number of Topliss-reactive ketones (excluding diaryl/α,β-unsaturated/α-hetero) is 1. The van der Waals surface area contributed by atoms with Crippen molar-refractivity contribution < 1.29 is 24.9 Å². The van der Waals surface area contributed by atoms with Gasteiger partial charge in [0.15, 0.2) is 6.61 Å². The zero-order valence-electron chi connectivity index (χ0n) is 11.9. The highest BCUT2D eigenvalue weighted by Crippen LogP contribution is 2.32. The molecule has 0 spiro atoms. The summed E-state index contributed by atoms with van der Waals surface area (Å²) in [5, 5.41) is 28.2. The lowest BCUT2D eigenvalue weighted by atomic mass is 10.1. The van der Waals surface area contributed by atoms with E-state index in [2.05, 4.69) is 0 Å². The molecule has 0 aliphatic rings. The lowest BCUT2D eigenvalue weighted by Crippen LogP contribution is -2.12. The molecule has 21 heavy (non-hydrogen) atoms. The lowest BCUT2D eigenvalue weighted by Gasteiger charge is -2.08. The second-order valence-corrected chi connectivity index (χ2v) is 3.88. The minimum atomic E-state index is -0.584. The first kappa shape index (κ1) is 16.4. The van der Waals surface area contributed by atoms with Crippen molar-refractivity contribution in [2.75, 3.05) is 6.61 Å². The number of benzene rings is 2. The summed E-state index contributed by atoms with van der Waals surface area (Å²) < 4.78 is 5.23. The van der Waals surface area contributed by atoms with E-state index in [1.165, 1.54) is 0 Å². The Balaban J connectivity index is 0.00000106. The molecule has 2 aromatic rings. The molecule has 112 valence electrons. The first-order chi connectivity index (χ1) is 10.1. The number of aromatic hydroxyl groups is 3. The monoisotopic (exact) mass is 290 g/mol. The molecule has 2 aromatic carbocycles. The number of ketones is 1. The number of phenols is 3. The van der Waals surface area contributed by atoms with Gasteiger partial charge in [0.25, 0.3) is 0 Å². The van der Waals surface area contributed by atoms with Crippen LogP contribution in [0.5, 0.6) is 23.0 Å². The Morgan fingerprint density at radius 3 is 2.05 bits per heavy atom. The van der Waals surface area contributed by atoms with Gasteiger partial charge in [0.05, 0.1) is 0 Å². The van der Waals surface area contributed by atoms with Crippen molar-refractivity contribution in [3.05, 3.63) is 48.0 Å². The smallest absolute Gasteiger partial charge is 0.207 e. The van der Waals surface area contributed by atoms with E-state index in [-0.39, 0.29) is 17.9 Å². The number of hydrogen-bond acceptors (Lipinski definition) is 5. The maximum Gasteiger partial charge on any atom is 0.207 e. The molecule has 0 bridgehead atoms. The molecule has 0 saturated heterocycles. The van der Waals surface area contributed by atoms with Crippen LogP contribution in [0.25, 0.3) is 0 Å². The van der Waals surface area contributed by atoms with E-state index < -0.39 is 17.3 Å². The molecule has 0 saturated carbocycles. The fraction of sp³-hybridized carbons (Fsp3) is 0.188. The average Bonchev–Trinajstić information content (AvgIpc) is 2.47. The minimum Gasteiger partial charge on any atom is -0.508 e. The highest BCUT2D eigenvalue weighted by molar-refractivity contribution is 6.02. The molecular formula is C16H18O5. The van der Waals surface area contributed by atoms with Crippen molar-refractivity contribution in [1.29, 1.82) is 0 Å². The van der Waals surface area contributed by atoms with Gasteiger partial charge in [-0.1, -0.05) is 32.0 Å². The topological polar surface area (TPSA) is 87.0 Å². The van der Waals surface area contributed by atoms with Crippen molar-refractivity contribution in [2.24, 2.45) is 0 Å². The van der Waals surface area contributed by atoms with Crippen LogP contribution in [-0.2, 0) is 0 Å². The molecule has 0 radical (unpaired) electrons. The van der Waals surface area contributed by atoms with Crippen LogP contribution in [0, 0.1) is 0 Å². The summed E-state index contributed by atoms with van der Waals surface area (Å²) in [6.45, 7) is 3.68. The van der Waals surface area contributed by atoms with Gasteiger partial charge in [0.1, 0.15) is 28.6 Å². The SMILES string of the molecule is CC.O=C(COc1ccccc1)c1c(O)cc(O)cc1O. The second kappa shape index (κ2) is 7.79. The summed E-state index contributed by atoms with van der Waals surface area (Å²) in [4.78, 5) is 11.8. The average molecular weight is 290 g/mol. The molecule has 0 aromatic heterocycles. The van der Waals surface area contributed by atoms with E-state index in [0.29, 0.717) is 5.75 Å². The Bertz CT molecular complexity index is 570. The summed E-state index contributed by atoms with van der Waals surface area (Å²) in [6.07, 6.45) is 0. The summed E-state index contributed by atoms with van der Waals surface area (Å²) in [6, 6.07) is 10.7. The minimum absolute atomic E-state index is 0.270. The van der Waals surface area contributed by atoms with Gasteiger partial charge < -0.3 is 20.1 Å². The Morgan fingerprint density at radius 1 is 1.00 bits per heavy atom. The number of hydrogen-bond donors (Lipinski definition) is 3. The first-order valence-corrected chi connectivity index (χ1v) is 6.54. The van der Waals surface area contributed by atoms with Crippen molar-refractivity contribution in [3.8, 4) is 23.0 Å². The highest BCUT2D eigenvalue weighted by atomic mass is 16.5. The Morgan fingerprint density at radius 2 is 1.52 bits per heavy atom. The third-order valence-electron chi connectivity index (χ3n) is 2.47. The van der Waals surface area contributed by atoms with Gasteiger partial charge in [-0.25, -0.2) is 0 Å². The van der Waals surface area contributed by atoms with E-state index in [1.807, 2.05) is 19.9 Å². The molecule has 2 rings (SSSR count). The molecule has 5 nitrogen and oxygen atoms in total. The molecule has 0 amide bonds.